The van der Waals surface area contributed by atoms with Crippen molar-refractivity contribution in [3.8, 4) is 11.5 Å². The molecule has 0 spiro atoms. The molecule has 4 heteroatoms. The van der Waals surface area contributed by atoms with Gasteiger partial charge in [0.1, 0.15) is 5.75 Å². The average molecular weight is 199 g/mol. The van der Waals surface area contributed by atoms with E-state index < -0.39 is 5.82 Å². The van der Waals surface area contributed by atoms with Gasteiger partial charge < -0.3 is 15.6 Å². The first-order valence-corrected chi connectivity index (χ1v) is 4.36. The zero-order valence-corrected chi connectivity index (χ0v) is 8.25. The van der Waals surface area contributed by atoms with Crippen LogP contribution in [0.4, 0.5) is 4.39 Å². The fourth-order valence-electron chi connectivity index (χ4n) is 1.25. The Morgan fingerprint density at radius 1 is 1.57 bits per heavy atom. The normalized spacial score (nSPS) is 12.6. The molecule has 1 aromatic carbocycles. The molecule has 78 valence electrons. The molecule has 0 aliphatic carbocycles. The summed E-state index contributed by atoms with van der Waals surface area (Å²) in [6.07, 6.45) is 0. The van der Waals surface area contributed by atoms with Crippen molar-refractivity contribution in [2.75, 3.05) is 13.7 Å². The number of hydrogen-bond acceptors (Lipinski definition) is 3. The van der Waals surface area contributed by atoms with Gasteiger partial charge in [0.15, 0.2) is 11.6 Å². The van der Waals surface area contributed by atoms with Crippen LogP contribution in [0.15, 0.2) is 12.1 Å². The SMILES string of the molecule is COc1cc(F)c(O)cc1C(C)CN. The van der Waals surface area contributed by atoms with Crippen LogP contribution in [-0.2, 0) is 0 Å². The molecule has 3 nitrogen and oxygen atoms in total. The topological polar surface area (TPSA) is 55.5 Å². The summed E-state index contributed by atoms with van der Waals surface area (Å²) in [6.45, 7) is 2.30. The second kappa shape index (κ2) is 4.28. The van der Waals surface area contributed by atoms with Gasteiger partial charge >= 0.3 is 0 Å². The molecule has 0 amide bonds. The third kappa shape index (κ3) is 1.96. The predicted molar refractivity (Wildman–Crippen MR) is 52.1 cm³/mol. The fraction of sp³-hybridized carbons (Fsp3) is 0.400. The summed E-state index contributed by atoms with van der Waals surface area (Å²) in [4.78, 5) is 0. The van der Waals surface area contributed by atoms with Crippen LogP contribution in [0.3, 0.4) is 0 Å². The minimum Gasteiger partial charge on any atom is -0.505 e. The highest BCUT2D eigenvalue weighted by atomic mass is 19.1. The summed E-state index contributed by atoms with van der Waals surface area (Å²) in [5, 5.41) is 9.19. The Hall–Kier alpha value is -1.29. The van der Waals surface area contributed by atoms with Crippen molar-refractivity contribution >= 4 is 0 Å². The molecule has 0 fully saturated rings. The molecule has 1 rings (SSSR count). The van der Waals surface area contributed by atoms with E-state index in [1.807, 2.05) is 6.92 Å². The second-order valence-corrected chi connectivity index (χ2v) is 3.18. The smallest absolute Gasteiger partial charge is 0.168 e. The Kier molecular flexibility index (Phi) is 3.30. The van der Waals surface area contributed by atoms with Gasteiger partial charge in [0.05, 0.1) is 7.11 Å². The van der Waals surface area contributed by atoms with E-state index in [9.17, 15) is 9.50 Å². The van der Waals surface area contributed by atoms with Gasteiger partial charge in [0.2, 0.25) is 0 Å². The van der Waals surface area contributed by atoms with Gasteiger partial charge in [-0.15, -0.1) is 0 Å². The lowest BCUT2D eigenvalue weighted by Gasteiger charge is -2.14. The molecule has 3 N–H and O–H groups in total. The number of benzene rings is 1. The number of halogens is 1. The van der Waals surface area contributed by atoms with Crippen LogP contribution >= 0.6 is 0 Å². The van der Waals surface area contributed by atoms with Crippen molar-refractivity contribution in [1.29, 1.82) is 0 Å². The highest BCUT2D eigenvalue weighted by Gasteiger charge is 2.14. The summed E-state index contributed by atoms with van der Waals surface area (Å²) >= 11 is 0. The Morgan fingerprint density at radius 3 is 2.71 bits per heavy atom. The van der Waals surface area contributed by atoms with E-state index in [0.717, 1.165) is 6.07 Å². The molecule has 0 aliphatic rings. The molecule has 0 saturated carbocycles. The minimum atomic E-state index is -0.685. The lowest BCUT2D eigenvalue weighted by Crippen LogP contribution is -2.10. The molecule has 14 heavy (non-hydrogen) atoms. The van der Waals surface area contributed by atoms with Crippen LogP contribution < -0.4 is 10.5 Å². The third-order valence-electron chi connectivity index (χ3n) is 2.18. The first-order chi connectivity index (χ1) is 6.60. The van der Waals surface area contributed by atoms with Crippen molar-refractivity contribution in [3.05, 3.63) is 23.5 Å². The lowest BCUT2D eigenvalue weighted by molar-refractivity contribution is 0.391. The third-order valence-corrected chi connectivity index (χ3v) is 2.18. The molecular weight excluding hydrogens is 185 g/mol. The summed E-state index contributed by atoms with van der Waals surface area (Å²) in [5.74, 6) is -0.620. The summed E-state index contributed by atoms with van der Waals surface area (Å²) in [6, 6.07) is 2.52. The average Bonchev–Trinajstić information content (AvgIpc) is 2.20. The standard InChI is InChI=1S/C10H14FNO2/c1-6(5-12)7-3-9(13)8(11)4-10(7)14-2/h3-4,6,13H,5,12H2,1-2H3. The zero-order chi connectivity index (χ0) is 10.7. The molecule has 1 aromatic rings. The molecule has 1 atom stereocenters. The van der Waals surface area contributed by atoms with E-state index in [1.165, 1.54) is 13.2 Å². The zero-order valence-electron chi connectivity index (χ0n) is 8.25. The first-order valence-electron chi connectivity index (χ1n) is 4.36. The number of phenols is 1. The van der Waals surface area contributed by atoms with E-state index in [0.29, 0.717) is 17.9 Å². The molecule has 0 bridgehead atoms. The number of aromatic hydroxyl groups is 1. The van der Waals surface area contributed by atoms with Crippen LogP contribution in [0.2, 0.25) is 0 Å². The highest BCUT2D eigenvalue weighted by Crippen LogP contribution is 2.31. The highest BCUT2D eigenvalue weighted by molar-refractivity contribution is 5.42. The van der Waals surface area contributed by atoms with E-state index in [2.05, 4.69) is 0 Å². The molecule has 1 unspecified atom stereocenters. The maximum Gasteiger partial charge on any atom is 0.168 e. The quantitative estimate of drug-likeness (QED) is 0.777. The largest absolute Gasteiger partial charge is 0.505 e. The number of ether oxygens (including phenoxy) is 1. The van der Waals surface area contributed by atoms with Gasteiger partial charge in [-0.2, -0.15) is 0 Å². The predicted octanol–water partition coefficient (Wildman–Crippen LogP) is 1.60. The number of rotatable bonds is 3. The molecule has 0 heterocycles. The Balaban J connectivity index is 3.19. The van der Waals surface area contributed by atoms with Crippen molar-refractivity contribution < 1.29 is 14.2 Å². The van der Waals surface area contributed by atoms with Crippen molar-refractivity contribution in [2.24, 2.45) is 5.73 Å². The van der Waals surface area contributed by atoms with Crippen molar-refractivity contribution in [3.63, 3.8) is 0 Å². The van der Waals surface area contributed by atoms with E-state index in [4.69, 9.17) is 10.5 Å². The lowest BCUT2D eigenvalue weighted by atomic mass is 10.00. The van der Waals surface area contributed by atoms with Gasteiger partial charge in [-0.1, -0.05) is 6.92 Å². The van der Waals surface area contributed by atoms with Crippen LogP contribution in [0.1, 0.15) is 18.4 Å². The van der Waals surface area contributed by atoms with E-state index in [1.54, 1.807) is 0 Å². The molecule has 0 radical (unpaired) electrons. The summed E-state index contributed by atoms with van der Waals surface area (Å²) < 4.78 is 17.9. The van der Waals surface area contributed by atoms with Crippen LogP contribution in [0.5, 0.6) is 11.5 Å². The Labute approximate surface area is 82.3 Å². The maximum atomic E-state index is 13.0. The monoisotopic (exact) mass is 199 g/mol. The van der Waals surface area contributed by atoms with Gasteiger partial charge in [-0.3, -0.25) is 0 Å². The molecular formula is C10H14FNO2. The number of hydrogen-bond donors (Lipinski definition) is 2. The number of nitrogens with two attached hydrogens (primary N) is 1. The Bertz CT molecular complexity index is 328. The molecule has 0 aliphatic heterocycles. The van der Waals surface area contributed by atoms with Gasteiger partial charge in [0, 0.05) is 11.6 Å². The maximum absolute atomic E-state index is 13.0. The molecule has 0 saturated heterocycles. The van der Waals surface area contributed by atoms with Crippen molar-refractivity contribution in [2.45, 2.75) is 12.8 Å². The van der Waals surface area contributed by atoms with E-state index >= 15 is 0 Å². The Morgan fingerprint density at radius 2 is 2.21 bits per heavy atom. The van der Waals surface area contributed by atoms with Crippen LogP contribution in [-0.4, -0.2) is 18.8 Å². The molecule has 0 aromatic heterocycles. The van der Waals surface area contributed by atoms with Gasteiger partial charge in [-0.25, -0.2) is 4.39 Å². The number of methoxy groups -OCH3 is 1. The van der Waals surface area contributed by atoms with Gasteiger partial charge in [0.25, 0.3) is 0 Å². The van der Waals surface area contributed by atoms with Crippen LogP contribution in [0.25, 0.3) is 0 Å². The fourth-order valence-corrected chi connectivity index (χ4v) is 1.25. The second-order valence-electron chi connectivity index (χ2n) is 3.18. The van der Waals surface area contributed by atoms with Gasteiger partial charge in [-0.05, 0) is 18.5 Å². The first kappa shape index (κ1) is 10.8. The van der Waals surface area contributed by atoms with E-state index in [-0.39, 0.29) is 11.7 Å². The van der Waals surface area contributed by atoms with Crippen molar-refractivity contribution in [1.82, 2.24) is 0 Å². The summed E-state index contributed by atoms with van der Waals surface area (Å²) in [7, 11) is 1.46. The number of phenolic OH excluding ortho intramolecular Hbond substituents is 1. The van der Waals surface area contributed by atoms with Crippen LogP contribution in [0, 0.1) is 5.82 Å². The minimum absolute atomic E-state index is 0.0245. The summed E-state index contributed by atoms with van der Waals surface area (Å²) in [5.41, 5.74) is 6.20.